The van der Waals surface area contributed by atoms with Crippen LogP contribution in [0.15, 0.2) is 46.0 Å². The van der Waals surface area contributed by atoms with Gasteiger partial charge in [-0.15, -0.1) is 0 Å². The summed E-state index contributed by atoms with van der Waals surface area (Å²) in [6.45, 7) is 2.52. The number of hydrogen-bond donors (Lipinski definition) is 2. The standard InChI is InChI=1S/C16H19N3O2/c1-11(13-5-3-2-4-6-13)17-14-9-15(20)19(16(21)18-14)10-12-7-8-12/h2-6,9,11-12,17H,7-8,10H2,1H3,(H,18,21)/t11-/m0/s1. The Morgan fingerprint density at radius 3 is 2.62 bits per heavy atom. The highest BCUT2D eigenvalue weighted by Crippen LogP contribution is 2.29. The number of H-pyrrole nitrogens is 1. The number of aromatic amines is 1. The first-order chi connectivity index (χ1) is 10.1. The van der Waals surface area contributed by atoms with Crippen molar-refractivity contribution in [2.45, 2.75) is 32.4 Å². The monoisotopic (exact) mass is 285 g/mol. The number of hydrogen-bond acceptors (Lipinski definition) is 3. The predicted octanol–water partition coefficient (Wildman–Crippen LogP) is 2.12. The van der Waals surface area contributed by atoms with E-state index in [1.54, 1.807) is 0 Å². The van der Waals surface area contributed by atoms with E-state index in [9.17, 15) is 9.59 Å². The molecule has 0 bridgehead atoms. The van der Waals surface area contributed by atoms with Crippen LogP contribution in [-0.2, 0) is 6.54 Å². The van der Waals surface area contributed by atoms with Gasteiger partial charge in [-0.2, -0.15) is 0 Å². The molecule has 0 aliphatic heterocycles. The molecule has 1 aromatic heterocycles. The molecule has 1 saturated carbocycles. The molecule has 0 saturated heterocycles. The Morgan fingerprint density at radius 1 is 1.29 bits per heavy atom. The van der Waals surface area contributed by atoms with Crippen molar-refractivity contribution in [2.24, 2.45) is 5.92 Å². The van der Waals surface area contributed by atoms with Gasteiger partial charge in [0.25, 0.3) is 5.56 Å². The predicted molar refractivity (Wildman–Crippen MR) is 82.5 cm³/mol. The minimum atomic E-state index is -0.336. The van der Waals surface area contributed by atoms with E-state index in [0.717, 1.165) is 18.4 Å². The summed E-state index contributed by atoms with van der Waals surface area (Å²) in [4.78, 5) is 26.8. The maximum absolute atomic E-state index is 12.0. The van der Waals surface area contributed by atoms with Crippen LogP contribution >= 0.6 is 0 Å². The summed E-state index contributed by atoms with van der Waals surface area (Å²) in [6, 6.07) is 11.4. The van der Waals surface area contributed by atoms with Crippen LogP contribution in [-0.4, -0.2) is 9.55 Å². The van der Waals surface area contributed by atoms with E-state index in [1.165, 1.54) is 10.6 Å². The van der Waals surface area contributed by atoms with Crippen LogP contribution < -0.4 is 16.6 Å². The van der Waals surface area contributed by atoms with Gasteiger partial charge in [-0.25, -0.2) is 4.79 Å². The fraction of sp³-hybridized carbons (Fsp3) is 0.375. The number of anilines is 1. The molecule has 1 aromatic carbocycles. The van der Waals surface area contributed by atoms with Gasteiger partial charge in [-0.1, -0.05) is 30.3 Å². The Morgan fingerprint density at radius 2 is 2.00 bits per heavy atom. The molecular weight excluding hydrogens is 266 g/mol. The second-order valence-electron chi connectivity index (χ2n) is 5.66. The van der Waals surface area contributed by atoms with Crippen LogP contribution in [0.5, 0.6) is 0 Å². The molecule has 1 heterocycles. The van der Waals surface area contributed by atoms with E-state index in [2.05, 4.69) is 10.3 Å². The van der Waals surface area contributed by atoms with Crippen molar-refractivity contribution >= 4 is 5.82 Å². The highest BCUT2D eigenvalue weighted by Gasteiger charge is 2.23. The lowest BCUT2D eigenvalue weighted by atomic mass is 10.1. The summed E-state index contributed by atoms with van der Waals surface area (Å²) in [6.07, 6.45) is 2.22. The molecule has 0 unspecified atom stereocenters. The summed E-state index contributed by atoms with van der Waals surface area (Å²) in [5.41, 5.74) is 0.520. The first-order valence-electron chi connectivity index (χ1n) is 7.29. The molecule has 0 amide bonds. The normalized spacial score (nSPS) is 15.7. The molecule has 2 N–H and O–H groups in total. The van der Waals surface area contributed by atoms with E-state index < -0.39 is 0 Å². The van der Waals surface area contributed by atoms with E-state index in [1.807, 2.05) is 37.3 Å². The zero-order valence-corrected chi connectivity index (χ0v) is 12.0. The van der Waals surface area contributed by atoms with E-state index in [-0.39, 0.29) is 17.3 Å². The lowest BCUT2D eigenvalue weighted by Gasteiger charge is -2.15. The second-order valence-corrected chi connectivity index (χ2v) is 5.66. The van der Waals surface area contributed by atoms with Crippen LogP contribution in [0, 0.1) is 5.92 Å². The van der Waals surface area contributed by atoms with Crippen molar-refractivity contribution in [1.82, 2.24) is 9.55 Å². The van der Waals surface area contributed by atoms with Crippen LogP contribution in [0.4, 0.5) is 5.82 Å². The second kappa shape index (κ2) is 5.60. The summed E-state index contributed by atoms with van der Waals surface area (Å²) in [5.74, 6) is 0.958. The Hall–Kier alpha value is -2.30. The first-order valence-corrected chi connectivity index (χ1v) is 7.29. The third kappa shape index (κ3) is 3.24. The van der Waals surface area contributed by atoms with Crippen LogP contribution in [0.3, 0.4) is 0 Å². The number of rotatable bonds is 5. The molecule has 110 valence electrons. The molecule has 2 aromatic rings. The molecule has 0 spiro atoms. The average Bonchev–Trinajstić information content (AvgIpc) is 3.28. The minimum Gasteiger partial charge on any atom is -0.365 e. The summed E-state index contributed by atoms with van der Waals surface area (Å²) < 4.78 is 1.29. The van der Waals surface area contributed by atoms with Crippen molar-refractivity contribution < 1.29 is 0 Å². The number of nitrogens with zero attached hydrogens (tertiary/aromatic N) is 1. The van der Waals surface area contributed by atoms with Crippen LogP contribution in [0.2, 0.25) is 0 Å². The maximum Gasteiger partial charge on any atom is 0.329 e. The van der Waals surface area contributed by atoms with Gasteiger partial charge >= 0.3 is 5.69 Å². The lowest BCUT2D eigenvalue weighted by molar-refractivity contribution is 0.575. The minimum absolute atomic E-state index is 0.0144. The quantitative estimate of drug-likeness (QED) is 0.884. The Balaban J connectivity index is 1.80. The molecule has 1 aliphatic rings. The molecule has 1 fully saturated rings. The Labute approximate surface area is 122 Å². The SMILES string of the molecule is C[C@H](Nc1cc(=O)n(CC2CC2)c(=O)[nH]1)c1ccccc1. The molecule has 0 radical (unpaired) electrons. The fourth-order valence-corrected chi connectivity index (χ4v) is 2.39. The Kier molecular flexibility index (Phi) is 3.64. The molecule has 1 atom stereocenters. The average molecular weight is 285 g/mol. The third-order valence-corrected chi connectivity index (χ3v) is 3.83. The van der Waals surface area contributed by atoms with Crippen LogP contribution in [0.25, 0.3) is 0 Å². The van der Waals surface area contributed by atoms with Crippen molar-refractivity contribution in [3.63, 3.8) is 0 Å². The van der Waals surface area contributed by atoms with E-state index >= 15 is 0 Å². The third-order valence-electron chi connectivity index (χ3n) is 3.83. The van der Waals surface area contributed by atoms with Gasteiger partial charge in [0.1, 0.15) is 5.82 Å². The molecule has 1 aliphatic carbocycles. The molecular formula is C16H19N3O2. The molecule has 5 nitrogen and oxygen atoms in total. The number of benzene rings is 1. The summed E-state index contributed by atoms with van der Waals surface area (Å²) in [5, 5.41) is 3.17. The van der Waals surface area contributed by atoms with Gasteiger partial charge < -0.3 is 5.32 Å². The van der Waals surface area contributed by atoms with Crippen molar-refractivity contribution in [2.75, 3.05) is 5.32 Å². The van der Waals surface area contributed by atoms with Crippen molar-refractivity contribution in [3.05, 3.63) is 62.8 Å². The highest BCUT2D eigenvalue weighted by atomic mass is 16.2. The number of nitrogens with one attached hydrogen (secondary N) is 2. The van der Waals surface area contributed by atoms with E-state index in [0.29, 0.717) is 18.3 Å². The van der Waals surface area contributed by atoms with Crippen LogP contribution in [0.1, 0.15) is 31.4 Å². The van der Waals surface area contributed by atoms with Crippen molar-refractivity contribution in [1.29, 1.82) is 0 Å². The zero-order chi connectivity index (χ0) is 14.8. The Bertz CT molecular complexity index is 698. The fourth-order valence-electron chi connectivity index (χ4n) is 2.39. The van der Waals surface area contributed by atoms with Gasteiger partial charge in [0.15, 0.2) is 0 Å². The maximum atomic E-state index is 12.0. The van der Waals surface area contributed by atoms with Gasteiger partial charge in [0.2, 0.25) is 0 Å². The number of aromatic nitrogens is 2. The lowest BCUT2D eigenvalue weighted by Crippen LogP contribution is -2.35. The van der Waals surface area contributed by atoms with Gasteiger partial charge in [-0.05, 0) is 31.2 Å². The highest BCUT2D eigenvalue weighted by molar-refractivity contribution is 5.36. The smallest absolute Gasteiger partial charge is 0.329 e. The molecule has 5 heteroatoms. The van der Waals surface area contributed by atoms with Crippen molar-refractivity contribution in [3.8, 4) is 0 Å². The van der Waals surface area contributed by atoms with Gasteiger partial charge in [0, 0.05) is 18.7 Å². The largest absolute Gasteiger partial charge is 0.365 e. The molecule has 3 rings (SSSR count). The van der Waals surface area contributed by atoms with Gasteiger partial charge in [0.05, 0.1) is 0 Å². The molecule has 21 heavy (non-hydrogen) atoms. The summed E-state index contributed by atoms with van der Waals surface area (Å²) in [7, 11) is 0. The van der Waals surface area contributed by atoms with Gasteiger partial charge in [-0.3, -0.25) is 14.3 Å². The zero-order valence-electron chi connectivity index (χ0n) is 12.0. The van der Waals surface area contributed by atoms with E-state index in [4.69, 9.17) is 0 Å². The first kappa shape index (κ1) is 13.7. The summed E-state index contributed by atoms with van der Waals surface area (Å²) >= 11 is 0. The topological polar surface area (TPSA) is 66.9 Å².